The molecule has 0 spiro atoms. The molecule has 0 radical (unpaired) electrons. The maximum atomic E-state index is 9.96. The van der Waals surface area contributed by atoms with Gasteiger partial charge in [-0.1, -0.05) is 182 Å². The molecule has 0 saturated heterocycles. The Balaban J connectivity index is 1.14. The van der Waals surface area contributed by atoms with Crippen LogP contribution in [0.25, 0.3) is 119 Å². The van der Waals surface area contributed by atoms with E-state index in [1.54, 1.807) is 11.3 Å². The number of hydrogen-bond donors (Lipinski definition) is 0. The largest absolute Gasteiger partial charge is 0.208 e. The molecule has 0 unspecified atom stereocenters. The summed E-state index contributed by atoms with van der Waals surface area (Å²) in [5.41, 5.74) is 8.42. The Hall–Kier alpha value is -7.57. The topological polar surface area (TPSA) is 38.7 Å². The van der Waals surface area contributed by atoms with Crippen LogP contribution in [0, 0.1) is 0 Å². The lowest BCUT2D eigenvalue weighted by molar-refractivity contribution is 1.08. The predicted octanol–water partition coefficient (Wildman–Crippen LogP) is 16.3. The highest BCUT2D eigenvalue weighted by Gasteiger charge is 2.20. The standard InChI is InChI=1S/C57H35N3S2/c1-4-15-36(16-5-1)38-27-29-40(30-28-38)55-58-56(60-57(59-55)48-33-42(37-17-6-2-7-18-37)35-52-54(48)46-23-12-13-25-49(46)61-52)41-31-32-47-51(34-41)62-50-26-14-24-45(53(47)50)44-22-11-10-21-43(44)39-19-8-3-9-20-39/h1-35H/i14D,24D,26D,31D,32D,34D. The Morgan fingerprint density at radius 1 is 0.323 bits per heavy atom. The first-order valence-corrected chi connectivity index (χ1v) is 21.9. The SMILES string of the molecule is [2H]c1c([2H])c(-c2ccccc2-c2ccccc2)c2c(sc3c([2H])c(-c4nc(-c5ccc(-c6ccccc6)cc5)nc(-c5cc(-c6ccccc6)cc6sc7ccccc7c56)n4)c([2H])c([2H])c32)c1[2H]. The Morgan fingerprint density at radius 2 is 0.887 bits per heavy atom. The summed E-state index contributed by atoms with van der Waals surface area (Å²) in [4.78, 5) is 15.4. The molecule has 0 aliphatic heterocycles. The molecule has 3 nitrogen and oxygen atoms in total. The van der Waals surface area contributed by atoms with Crippen molar-refractivity contribution in [2.75, 3.05) is 0 Å². The quantitative estimate of drug-likeness (QED) is 0.161. The summed E-state index contributed by atoms with van der Waals surface area (Å²) in [6.45, 7) is 0. The van der Waals surface area contributed by atoms with E-state index in [2.05, 4.69) is 48.5 Å². The van der Waals surface area contributed by atoms with Gasteiger partial charge in [0.1, 0.15) is 0 Å². The van der Waals surface area contributed by atoms with Gasteiger partial charge >= 0.3 is 0 Å². The first kappa shape index (κ1) is 30.5. The second kappa shape index (κ2) is 15.2. The zero-order valence-electron chi connectivity index (χ0n) is 38.9. The molecule has 0 amide bonds. The zero-order valence-corrected chi connectivity index (χ0v) is 34.5. The highest BCUT2D eigenvalue weighted by molar-refractivity contribution is 7.26. The molecule has 62 heavy (non-hydrogen) atoms. The van der Waals surface area contributed by atoms with Gasteiger partial charge in [-0.25, -0.2) is 15.0 Å². The minimum absolute atomic E-state index is 0.0560. The molecule has 0 N–H and O–H groups in total. The van der Waals surface area contributed by atoms with Crippen molar-refractivity contribution in [1.82, 2.24) is 15.0 Å². The summed E-state index contributed by atoms with van der Waals surface area (Å²) in [7, 11) is 0. The Morgan fingerprint density at radius 3 is 1.65 bits per heavy atom. The fourth-order valence-corrected chi connectivity index (χ4v) is 10.5. The van der Waals surface area contributed by atoms with Gasteiger partial charge in [0.15, 0.2) is 17.5 Å². The van der Waals surface area contributed by atoms with Crippen LogP contribution in [0.1, 0.15) is 8.22 Å². The van der Waals surface area contributed by atoms with E-state index >= 15 is 0 Å². The van der Waals surface area contributed by atoms with E-state index in [9.17, 15) is 5.48 Å². The highest BCUT2D eigenvalue weighted by atomic mass is 32.1. The number of thiophene rings is 2. The molecular formula is C57H35N3S2. The van der Waals surface area contributed by atoms with Gasteiger partial charge in [0, 0.05) is 57.0 Å². The molecule has 3 heterocycles. The van der Waals surface area contributed by atoms with Crippen LogP contribution < -0.4 is 0 Å². The minimum atomic E-state index is -0.260. The second-order valence-corrected chi connectivity index (χ2v) is 17.1. The molecule has 0 aliphatic rings. The van der Waals surface area contributed by atoms with Gasteiger partial charge in [0.05, 0.1) is 8.22 Å². The number of aromatic nitrogens is 3. The maximum Gasteiger partial charge on any atom is 0.164 e. The highest BCUT2D eigenvalue weighted by Crippen LogP contribution is 2.45. The Kier molecular flexibility index (Phi) is 7.45. The second-order valence-electron chi connectivity index (χ2n) is 15.0. The van der Waals surface area contributed by atoms with E-state index in [0.29, 0.717) is 43.1 Å². The number of rotatable bonds is 7. The van der Waals surface area contributed by atoms with Crippen molar-refractivity contribution in [1.29, 1.82) is 0 Å². The van der Waals surface area contributed by atoms with E-state index in [1.807, 2.05) is 127 Å². The molecule has 0 atom stereocenters. The third-order valence-corrected chi connectivity index (χ3v) is 13.4. The Labute approximate surface area is 375 Å². The zero-order chi connectivity index (χ0) is 46.2. The van der Waals surface area contributed by atoms with Crippen LogP contribution in [0.3, 0.4) is 0 Å². The third-order valence-electron chi connectivity index (χ3n) is 11.3. The van der Waals surface area contributed by atoms with E-state index in [4.69, 9.17) is 17.7 Å². The van der Waals surface area contributed by atoms with Gasteiger partial charge < -0.3 is 0 Å². The van der Waals surface area contributed by atoms with Crippen molar-refractivity contribution in [3.05, 3.63) is 212 Å². The van der Waals surface area contributed by atoms with E-state index in [0.717, 1.165) is 70.5 Å². The van der Waals surface area contributed by atoms with Crippen LogP contribution in [-0.2, 0) is 0 Å². The summed E-state index contributed by atoms with van der Waals surface area (Å²) in [5, 5.41) is 2.74. The van der Waals surface area contributed by atoms with Gasteiger partial charge in [-0.3, -0.25) is 0 Å². The smallest absolute Gasteiger partial charge is 0.164 e. The lowest BCUT2D eigenvalue weighted by atomic mass is 9.92. The van der Waals surface area contributed by atoms with E-state index in [-0.39, 0.29) is 53.0 Å². The van der Waals surface area contributed by atoms with Crippen molar-refractivity contribution < 1.29 is 8.22 Å². The van der Waals surface area contributed by atoms with E-state index < -0.39 is 0 Å². The molecule has 0 bridgehead atoms. The number of fused-ring (bicyclic) bond motifs is 6. The molecular weight excluding hydrogens is 791 g/mol. The molecule has 0 fully saturated rings. The molecule has 0 saturated carbocycles. The van der Waals surface area contributed by atoms with Crippen LogP contribution in [0.5, 0.6) is 0 Å². The maximum absolute atomic E-state index is 9.96. The van der Waals surface area contributed by atoms with Crippen LogP contribution in [0.4, 0.5) is 0 Å². The van der Waals surface area contributed by atoms with Crippen LogP contribution in [-0.4, -0.2) is 15.0 Å². The predicted molar refractivity (Wildman–Crippen MR) is 264 cm³/mol. The number of benzene rings is 9. The van der Waals surface area contributed by atoms with Crippen molar-refractivity contribution in [3.8, 4) is 78.7 Å². The molecule has 3 aromatic heterocycles. The summed E-state index contributed by atoms with van der Waals surface area (Å²) in [5.74, 6) is 0.771. The minimum Gasteiger partial charge on any atom is -0.208 e. The third kappa shape index (κ3) is 6.38. The van der Waals surface area contributed by atoms with E-state index in [1.165, 1.54) is 0 Å². The number of nitrogens with zero attached hydrogens (tertiary/aromatic N) is 3. The first-order chi connectivity index (χ1) is 33.2. The Bertz CT molecular complexity index is 3970. The number of hydrogen-bond acceptors (Lipinski definition) is 5. The lowest BCUT2D eigenvalue weighted by Gasteiger charge is -2.12. The molecule has 5 heteroatoms. The van der Waals surface area contributed by atoms with Crippen molar-refractivity contribution in [3.63, 3.8) is 0 Å². The van der Waals surface area contributed by atoms with Crippen molar-refractivity contribution >= 4 is 63.0 Å². The molecule has 12 aromatic rings. The van der Waals surface area contributed by atoms with Crippen molar-refractivity contribution in [2.45, 2.75) is 0 Å². The van der Waals surface area contributed by atoms with Gasteiger partial charge in [0.2, 0.25) is 0 Å². The molecule has 0 aliphatic carbocycles. The first-order valence-electron chi connectivity index (χ1n) is 23.3. The average molecular weight is 832 g/mol. The van der Waals surface area contributed by atoms with Gasteiger partial charge in [-0.05, 0) is 74.8 Å². The van der Waals surface area contributed by atoms with Crippen molar-refractivity contribution in [2.24, 2.45) is 0 Å². The summed E-state index contributed by atoms with van der Waals surface area (Å²) in [6.07, 6.45) is 0. The summed E-state index contributed by atoms with van der Waals surface area (Å²) >= 11 is 2.83. The summed E-state index contributed by atoms with van der Waals surface area (Å²) < 4.78 is 59.9. The fraction of sp³-hybridized carbons (Fsp3) is 0. The molecule has 12 rings (SSSR count). The van der Waals surface area contributed by atoms with Gasteiger partial charge in [0.25, 0.3) is 0 Å². The average Bonchev–Trinajstić information content (AvgIpc) is 3.98. The monoisotopic (exact) mass is 831 g/mol. The summed E-state index contributed by atoms with van der Waals surface area (Å²) in [6, 6.07) is 57.2. The van der Waals surface area contributed by atoms with Gasteiger partial charge in [-0.15, -0.1) is 22.7 Å². The van der Waals surface area contributed by atoms with Crippen LogP contribution in [0.2, 0.25) is 0 Å². The normalized spacial score (nSPS) is 12.9. The molecule has 9 aromatic carbocycles. The lowest BCUT2D eigenvalue weighted by Crippen LogP contribution is -2.00. The van der Waals surface area contributed by atoms with Crippen LogP contribution in [0.15, 0.2) is 212 Å². The van der Waals surface area contributed by atoms with Gasteiger partial charge in [-0.2, -0.15) is 0 Å². The van der Waals surface area contributed by atoms with Crippen LogP contribution >= 0.6 is 22.7 Å². The fourth-order valence-electron chi connectivity index (χ4n) is 8.34. The molecule has 290 valence electrons.